The fourth-order valence-corrected chi connectivity index (χ4v) is 3.03. The number of hydrogen-bond acceptors (Lipinski definition) is 5. The minimum absolute atomic E-state index is 0.0398. The van der Waals surface area contributed by atoms with Gasteiger partial charge in [0.2, 0.25) is 5.95 Å². The SMILES string of the molecule is Cc1csc(C(C)n2c(N)nc3c(C)ccnc32)n1. The Morgan fingerprint density at radius 3 is 2.79 bits per heavy atom. The van der Waals surface area contributed by atoms with Crippen LogP contribution in [0.25, 0.3) is 11.2 Å². The summed E-state index contributed by atoms with van der Waals surface area (Å²) in [6.45, 7) is 6.07. The second-order valence-corrected chi connectivity index (χ2v) is 5.53. The van der Waals surface area contributed by atoms with E-state index < -0.39 is 0 Å². The molecule has 0 amide bonds. The van der Waals surface area contributed by atoms with Crippen LogP contribution in [-0.4, -0.2) is 19.5 Å². The van der Waals surface area contributed by atoms with E-state index in [1.54, 1.807) is 17.5 Å². The van der Waals surface area contributed by atoms with Crippen LogP contribution in [-0.2, 0) is 0 Å². The molecule has 0 aromatic carbocycles. The second-order valence-electron chi connectivity index (χ2n) is 4.64. The lowest BCUT2D eigenvalue weighted by Crippen LogP contribution is -2.10. The molecule has 19 heavy (non-hydrogen) atoms. The van der Waals surface area contributed by atoms with Gasteiger partial charge in [-0.15, -0.1) is 11.3 Å². The monoisotopic (exact) mass is 273 g/mol. The normalized spacial score (nSPS) is 13.0. The van der Waals surface area contributed by atoms with Crippen LogP contribution in [0.2, 0.25) is 0 Å². The summed E-state index contributed by atoms with van der Waals surface area (Å²) in [5.41, 5.74) is 9.84. The van der Waals surface area contributed by atoms with Crippen molar-refractivity contribution in [2.75, 3.05) is 5.73 Å². The Balaban J connectivity index is 2.19. The molecule has 0 bridgehead atoms. The highest BCUT2D eigenvalue weighted by Gasteiger charge is 2.19. The second kappa shape index (κ2) is 4.31. The van der Waals surface area contributed by atoms with E-state index in [9.17, 15) is 0 Å². The van der Waals surface area contributed by atoms with Gasteiger partial charge in [-0.05, 0) is 32.4 Å². The van der Waals surface area contributed by atoms with Crippen LogP contribution >= 0.6 is 11.3 Å². The van der Waals surface area contributed by atoms with Gasteiger partial charge in [-0.25, -0.2) is 15.0 Å². The zero-order valence-corrected chi connectivity index (χ0v) is 11.9. The minimum Gasteiger partial charge on any atom is -0.369 e. The maximum atomic E-state index is 6.06. The molecule has 5 nitrogen and oxygen atoms in total. The van der Waals surface area contributed by atoms with Crippen molar-refractivity contribution in [1.29, 1.82) is 0 Å². The van der Waals surface area contributed by atoms with Gasteiger partial charge >= 0.3 is 0 Å². The van der Waals surface area contributed by atoms with Crippen LogP contribution in [0.15, 0.2) is 17.6 Å². The quantitative estimate of drug-likeness (QED) is 0.779. The van der Waals surface area contributed by atoms with Gasteiger partial charge in [0.25, 0.3) is 0 Å². The van der Waals surface area contributed by atoms with Crippen LogP contribution < -0.4 is 5.73 Å². The number of nitrogens with two attached hydrogens (primary N) is 1. The third-order valence-corrected chi connectivity index (χ3v) is 4.32. The third kappa shape index (κ3) is 1.88. The van der Waals surface area contributed by atoms with E-state index in [0.29, 0.717) is 5.95 Å². The van der Waals surface area contributed by atoms with Gasteiger partial charge in [0.1, 0.15) is 10.5 Å². The van der Waals surface area contributed by atoms with Crippen LogP contribution in [0.4, 0.5) is 5.95 Å². The molecule has 0 aliphatic heterocycles. The Morgan fingerprint density at radius 2 is 2.11 bits per heavy atom. The molecule has 3 aromatic heterocycles. The molecule has 6 heteroatoms. The summed E-state index contributed by atoms with van der Waals surface area (Å²) in [6, 6.07) is 1.98. The van der Waals surface area contributed by atoms with E-state index in [-0.39, 0.29) is 6.04 Å². The molecule has 2 N–H and O–H groups in total. The number of pyridine rings is 1. The standard InChI is InChI=1S/C13H15N5S/c1-7-4-5-15-11-10(7)17-13(14)18(11)9(3)12-16-8(2)6-19-12/h4-6,9H,1-3H3,(H2,14,17). The number of rotatable bonds is 2. The van der Waals surface area contributed by atoms with Gasteiger partial charge < -0.3 is 5.73 Å². The molecule has 0 spiro atoms. The zero-order valence-electron chi connectivity index (χ0n) is 11.1. The molecule has 3 aromatic rings. The molecule has 0 saturated carbocycles. The first-order valence-electron chi connectivity index (χ1n) is 6.09. The van der Waals surface area contributed by atoms with Crippen LogP contribution in [0.1, 0.15) is 29.2 Å². The van der Waals surface area contributed by atoms with Gasteiger partial charge in [-0.2, -0.15) is 0 Å². The maximum absolute atomic E-state index is 6.06. The Morgan fingerprint density at radius 1 is 1.32 bits per heavy atom. The average molecular weight is 273 g/mol. The van der Waals surface area contributed by atoms with E-state index >= 15 is 0 Å². The summed E-state index contributed by atoms with van der Waals surface area (Å²) >= 11 is 1.63. The number of aryl methyl sites for hydroxylation is 2. The highest BCUT2D eigenvalue weighted by molar-refractivity contribution is 7.09. The Bertz CT molecular complexity index is 743. The largest absolute Gasteiger partial charge is 0.369 e. The number of aromatic nitrogens is 4. The molecule has 0 aliphatic rings. The first-order valence-corrected chi connectivity index (χ1v) is 6.97. The number of thiazole rings is 1. The third-order valence-electron chi connectivity index (χ3n) is 3.19. The Hall–Kier alpha value is -1.95. The lowest BCUT2D eigenvalue weighted by atomic mass is 10.2. The average Bonchev–Trinajstić information content (AvgIpc) is 2.93. The molecular weight excluding hydrogens is 258 g/mol. The summed E-state index contributed by atoms with van der Waals surface area (Å²) < 4.78 is 1.95. The van der Waals surface area contributed by atoms with Crippen molar-refractivity contribution in [3.63, 3.8) is 0 Å². The minimum atomic E-state index is 0.0398. The number of nitrogen functional groups attached to an aromatic ring is 1. The maximum Gasteiger partial charge on any atom is 0.203 e. The molecule has 1 atom stereocenters. The predicted molar refractivity (Wildman–Crippen MR) is 77.3 cm³/mol. The van der Waals surface area contributed by atoms with Crippen molar-refractivity contribution in [3.8, 4) is 0 Å². The first-order chi connectivity index (χ1) is 9.08. The smallest absolute Gasteiger partial charge is 0.203 e. The molecule has 3 heterocycles. The van der Waals surface area contributed by atoms with Crippen LogP contribution in [0.5, 0.6) is 0 Å². The van der Waals surface area contributed by atoms with E-state index in [1.807, 2.05) is 29.9 Å². The zero-order chi connectivity index (χ0) is 13.6. The molecule has 0 fully saturated rings. The summed E-state index contributed by atoms with van der Waals surface area (Å²) in [7, 11) is 0. The molecule has 0 aliphatic carbocycles. The van der Waals surface area contributed by atoms with Crippen molar-refractivity contribution in [3.05, 3.63) is 33.9 Å². The fourth-order valence-electron chi connectivity index (χ4n) is 2.18. The molecule has 98 valence electrons. The molecule has 1 unspecified atom stereocenters. The van der Waals surface area contributed by atoms with E-state index in [1.165, 1.54) is 0 Å². The summed E-state index contributed by atoms with van der Waals surface area (Å²) in [5, 5.41) is 3.06. The fraction of sp³-hybridized carbons (Fsp3) is 0.308. The number of anilines is 1. The topological polar surface area (TPSA) is 69.6 Å². The van der Waals surface area contributed by atoms with Gasteiger partial charge in [-0.3, -0.25) is 4.57 Å². The highest BCUT2D eigenvalue weighted by Crippen LogP contribution is 2.28. The van der Waals surface area contributed by atoms with Crippen LogP contribution in [0, 0.1) is 13.8 Å². The van der Waals surface area contributed by atoms with Gasteiger partial charge in [0.15, 0.2) is 5.65 Å². The first kappa shape index (κ1) is 12.1. The predicted octanol–water partition coefficient (Wildman–Crippen LogP) is 2.70. The summed E-state index contributed by atoms with van der Waals surface area (Å²) in [6.07, 6.45) is 1.79. The molecular formula is C13H15N5S. The van der Waals surface area contributed by atoms with Crippen molar-refractivity contribution < 1.29 is 0 Å². The molecule has 3 rings (SSSR count). The lowest BCUT2D eigenvalue weighted by Gasteiger charge is -2.12. The highest BCUT2D eigenvalue weighted by atomic mass is 32.1. The Kier molecular flexibility index (Phi) is 2.74. The number of hydrogen-bond donors (Lipinski definition) is 1. The van der Waals surface area contributed by atoms with Gasteiger partial charge in [-0.1, -0.05) is 0 Å². The molecule has 0 radical (unpaired) electrons. The Labute approximate surface area is 115 Å². The van der Waals surface area contributed by atoms with E-state index in [4.69, 9.17) is 5.73 Å². The van der Waals surface area contributed by atoms with Crippen molar-refractivity contribution >= 4 is 28.4 Å². The van der Waals surface area contributed by atoms with Gasteiger partial charge in [0, 0.05) is 17.3 Å². The van der Waals surface area contributed by atoms with E-state index in [0.717, 1.165) is 27.4 Å². The van der Waals surface area contributed by atoms with Crippen molar-refractivity contribution in [2.45, 2.75) is 26.8 Å². The van der Waals surface area contributed by atoms with Crippen LogP contribution in [0.3, 0.4) is 0 Å². The number of nitrogens with zero attached hydrogens (tertiary/aromatic N) is 4. The lowest BCUT2D eigenvalue weighted by molar-refractivity contribution is 0.656. The molecule has 0 saturated heterocycles. The number of fused-ring (bicyclic) bond motifs is 1. The van der Waals surface area contributed by atoms with Crippen molar-refractivity contribution in [2.24, 2.45) is 0 Å². The van der Waals surface area contributed by atoms with Gasteiger partial charge in [0.05, 0.1) is 6.04 Å². The van der Waals surface area contributed by atoms with Crippen molar-refractivity contribution in [1.82, 2.24) is 19.5 Å². The summed E-state index contributed by atoms with van der Waals surface area (Å²) in [4.78, 5) is 13.4. The van der Waals surface area contributed by atoms with E-state index in [2.05, 4.69) is 21.9 Å². The number of imidazole rings is 1. The summed E-state index contributed by atoms with van der Waals surface area (Å²) in [5.74, 6) is 0.483.